The summed E-state index contributed by atoms with van der Waals surface area (Å²) in [5.74, 6) is 0.237. The number of nitrogens with zero attached hydrogens (tertiary/aromatic N) is 3. The van der Waals surface area contributed by atoms with E-state index in [0.717, 1.165) is 16.9 Å². The molecule has 0 amide bonds. The number of hydrogen-bond donors (Lipinski definition) is 3. The fourth-order valence-electron chi connectivity index (χ4n) is 3.41. The second-order valence-electron chi connectivity index (χ2n) is 7.88. The highest BCUT2D eigenvalue weighted by molar-refractivity contribution is 6.30. The summed E-state index contributed by atoms with van der Waals surface area (Å²) >= 11 is 5.94. The van der Waals surface area contributed by atoms with Gasteiger partial charge in [-0.25, -0.2) is 4.98 Å². The molecule has 1 heterocycles. The number of benzene rings is 3. The summed E-state index contributed by atoms with van der Waals surface area (Å²) in [7, 11) is 4.01. The number of halogens is 1. The van der Waals surface area contributed by atoms with Crippen LogP contribution in [0.1, 0.15) is 11.1 Å². The number of hydrogen-bond acceptors (Lipinski definition) is 6. The third-order valence-electron chi connectivity index (χ3n) is 5.22. The van der Waals surface area contributed by atoms with Crippen LogP contribution in [-0.2, 0) is 6.54 Å². The Labute approximate surface area is 202 Å². The van der Waals surface area contributed by atoms with Crippen molar-refractivity contribution in [1.29, 1.82) is 5.26 Å². The molecule has 0 aliphatic rings. The quantitative estimate of drug-likeness (QED) is 0.335. The molecule has 0 unspecified atom stereocenters. The Hall–Kier alpha value is -4.28. The van der Waals surface area contributed by atoms with Crippen molar-refractivity contribution in [2.24, 2.45) is 0 Å². The standard InChI is InChI=1S/C26H23ClN6O/c1-33(2)22-12-6-17(7-13-22)16-29-21-5-3-4-18(14-21)24-23(15-28)25(34)32-26(31-24)30-20-10-8-19(27)9-11-20/h3-14,29H,16H2,1-2H3,(H2,30,31,32,34). The lowest BCUT2D eigenvalue weighted by molar-refractivity contribution is 1.10. The molecular weight excluding hydrogens is 448 g/mol. The summed E-state index contributed by atoms with van der Waals surface area (Å²) in [4.78, 5) is 21.8. The number of H-pyrrole nitrogens is 1. The van der Waals surface area contributed by atoms with E-state index in [1.165, 1.54) is 0 Å². The van der Waals surface area contributed by atoms with Gasteiger partial charge in [0.15, 0.2) is 0 Å². The van der Waals surface area contributed by atoms with Crippen molar-refractivity contribution in [3.8, 4) is 17.3 Å². The van der Waals surface area contributed by atoms with E-state index < -0.39 is 5.56 Å². The maximum Gasteiger partial charge on any atom is 0.270 e. The monoisotopic (exact) mass is 470 g/mol. The van der Waals surface area contributed by atoms with Gasteiger partial charge in [-0.3, -0.25) is 9.78 Å². The molecule has 8 heteroatoms. The number of rotatable bonds is 7. The average molecular weight is 471 g/mol. The first-order valence-electron chi connectivity index (χ1n) is 10.6. The van der Waals surface area contributed by atoms with Crippen LogP contribution >= 0.6 is 11.6 Å². The largest absolute Gasteiger partial charge is 0.381 e. The summed E-state index contributed by atoms with van der Waals surface area (Å²) < 4.78 is 0. The van der Waals surface area contributed by atoms with Gasteiger partial charge < -0.3 is 15.5 Å². The van der Waals surface area contributed by atoms with Crippen molar-refractivity contribution in [2.75, 3.05) is 29.6 Å². The number of nitriles is 1. The molecule has 4 aromatic rings. The highest BCUT2D eigenvalue weighted by atomic mass is 35.5. The molecule has 0 bridgehead atoms. The van der Waals surface area contributed by atoms with Gasteiger partial charge in [-0.15, -0.1) is 0 Å². The van der Waals surface area contributed by atoms with E-state index in [-0.39, 0.29) is 11.5 Å². The molecule has 0 atom stereocenters. The highest BCUT2D eigenvalue weighted by Crippen LogP contribution is 2.25. The summed E-state index contributed by atoms with van der Waals surface area (Å²) in [5, 5.41) is 16.6. The number of aromatic amines is 1. The fourth-order valence-corrected chi connectivity index (χ4v) is 3.53. The number of anilines is 4. The molecule has 34 heavy (non-hydrogen) atoms. The molecule has 170 valence electrons. The zero-order chi connectivity index (χ0) is 24.1. The van der Waals surface area contributed by atoms with Crippen molar-refractivity contribution in [1.82, 2.24) is 9.97 Å². The van der Waals surface area contributed by atoms with E-state index in [0.29, 0.717) is 28.5 Å². The molecule has 3 aromatic carbocycles. The van der Waals surface area contributed by atoms with Gasteiger partial charge in [0.2, 0.25) is 5.95 Å². The Morgan fingerprint density at radius 1 is 1.03 bits per heavy atom. The normalized spacial score (nSPS) is 10.4. The van der Waals surface area contributed by atoms with E-state index in [4.69, 9.17) is 11.6 Å². The van der Waals surface area contributed by atoms with Crippen LogP contribution in [0.2, 0.25) is 5.02 Å². The van der Waals surface area contributed by atoms with E-state index in [1.807, 2.05) is 44.4 Å². The maximum absolute atomic E-state index is 12.6. The summed E-state index contributed by atoms with van der Waals surface area (Å²) in [6, 6.07) is 24.8. The molecule has 0 saturated heterocycles. The minimum absolute atomic E-state index is 0.0434. The van der Waals surface area contributed by atoms with Crippen molar-refractivity contribution in [3.05, 3.63) is 99.3 Å². The van der Waals surface area contributed by atoms with Crippen molar-refractivity contribution in [2.45, 2.75) is 6.54 Å². The summed E-state index contributed by atoms with van der Waals surface area (Å²) in [6.07, 6.45) is 0. The predicted octanol–water partition coefficient (Wildman–Crippen LogP) is 5.38. The molecule has 0 aliphatic carbocycles. The van der Waals surface area contributed by atoms with Crippen LogP contribution in [-0.4, -0.2) is 24.1 Å². The summed E-state index contributed by atoms with van der Waals surface area (Å²) in [6.45, 7) is 0.633. The van der Waals surface area contributed by atoms with Crippen LogP contribution in [0.15, 0.2) is 77.6 Å². The average Bonchev–Trinajstić information content (AvgIpc) is 2.84. The Bertz CT molecular complexity index is 1390. The SMILES string of the molecule is CN(C)c1ccc(CNc2cccc(-c3nc(Nc4ccc(Cl)cc4)[nH]c(=O)c3C#N)c2)cc1. The molecular formula is C26H23ClN6O. The Balaban J connectivity index is 1.59. The molecule has 3 N–H and O–H groups in total. The van der Waals surface area contributed by atoms with Crippen molar-refractivity contribution >= 4 is 34.6 Å². The lowest BCUT2D eigenvalue weighted by atomic mass is 10.1. The third-order valence-corrected chi connectivity index (χ3v) is 5.48. The first kappa shape index (κ1) is 22.9. The Kier molecular flexibility index (Phi) is 6.81. The lowest BCUT2D eigenvalue weighted by Gasteiger charge is -2.13. The third kappa shape index (κ3) is 5.37. The van der Waals surface area contributed by atoms with Crippen LogP contribution < -0.4 is 21.1 Å². The van der Waals surface area contributed by atoms with E-state index in [1.54, 1.807) is 24.3 Å². The van der Waals surface area contributed by atoms with Gasteiger partial charge in [0.25, 0.3) is 5.56 Å². The van der Waals surface area contributed by atoms with Crippen LogP contribution in [0.3, 0.4) is 0 Å². The molecule has 4 rings (SSSR count). The first-order chi connectivity index (χ1) is 16.4. The number of nitrogens with one attached hydrogen (secondary N) is 3. The first-order valence-corrected chi connectivity index (χ1v) is 11.0. The van der Waals surface area contributed by atoms with Crippen LogP contribution in [0.4, 0.5) is 23.0 Å². The van der Waals surface area contributed by atoms with Crippen molar-refractivity contribution < 1.29 is 0 Å². The molecule has 0 fully saturated rings. The second-order valence-corrected chi connectivity index (χ2v) is 8.31. The zero-order valence-electron chi connectivity index (χ0n) is 18.8. The van der Waals surface area contributed by atoms with Gasteiger partial charge in [-0.1, -0.05) is 35.9 Å². The minimum Gasteiger partial charge on any atom is -0.381 e. The van der Waals surface area contributed by atoms with Gasteiger partial charge in [-0.05, 0) is 54.1 Å². The molecule has 0 radical (unpaired) electrons. The van der Waals surface area contributed by atoms with E-state index >= 15 is 0 Å². The lowest BCUT2D eigenvalue weighted by Crippen LogP contribution is -2.16. The van der Waals surface area contributed by atoms with Gasteiger partial charge in [0.05, 0.1) is 5.69 Å². The van der Waals surface area contributed by atoms with E-state index in [2.05, 4.69) is 49.8 Å². The zero-order valence-corrected chi connectivity index (χ0v) is 19.5. The Morgan fingerprint density at radius 3 is 2.44 bits per heavy atom. The van der Waals surface area contributed by atoms with Gasteiger partial charge in [0.1, 0.15) is 11.6 Å². The molecule has 0 spiro atoms. The van der Waals surface area contributed by atoms with Gasteiger partial charge in [-0.2, -0.15) is 5.26 Å². The maximum atomic E-state index is 12.6. The molecule has 0 aliphatic heterocycles. The Morgan fingerprint density at radius 2 is 1.76 bits per heavy atom. The van der Waals surface area contributed by atoms with Crippen molar-refractivity contribution in [3.63, 3.8) is 0 Å². The number of aromatic nitrogens is 2. The smallest absolute Gasteiger partial charge is 0.270 e. The van der Waals surface area contributed by atoms with Crippen LogP contribution in [0.25, 0.3) is 11.3 Å². The van der Waals surface area contributed by atoms with E-state index in [9.17, 15) is 10.1 Å². The minimum atomic E-state index is -0.511. The predicted molar refractivity (Wildman–Crippen MR) is 138 cm³/mol. The second kappa shape index (κ2) is 10.1. The molecule has 7 nitrogen and oxygen atoms in total. The highest BCUT2D eigenvalue weighted by Gasteiger charge is 2.14. The van der Waals surface area contributed by atoms with Crippen LogP contribution in [0.5, 0.6) is 0 Å². The molecule has 1 aromatic heterocycles. The molecule has 0 saturated carbocycles. The van der Waals surface area contributed by atoms with Gasteiger partial charge >= 0.3 is 0 Å². The topological polar surface area (TPSA) is 96.8 Å². The van der Waals surface area contributed by atoms with Gasteiger partial charge in [0, 0.05) is 48.3 Å². The van der Waals surface area contributed by atoms with Crippen LogP contribution in [0, 0.1) is 11.3 Å². The summed E-state index contributed by atoms with van der Waals surface area (Å²) in [5.41, 5.74) is 4.25. The fraction of sp³-hybridized carbons (Fsp3) is 0.115.